The molecule has 0 bridgehead atoms. The molecule has 28 heavy (non-hydrogen) atoms. The molecule has 1 unspecified atom stereocenters. The highest BCUT2D eigenvalue weighted by Crippen LogP contribution is 2.24. The fraction of sp³-hybridized carbons (Fsp3) is 0.150. The molecule has 3 aromatic rings. The molecule has 144 valence electrons. The van der Waals surface area contributed by atoms with Crippen molar-refractivity contribution in [1.82, 2.24) is 10.3 Å². The van der Waals surface area contributed by atoms with Gasteiger partial charge >= 0.3 is 5.97 Å². The second-order valence-corrected chi connectivity index (χ2v) is 8.04. The van der Waals surface area contributed by atoms with Crippen LogP contribution < -0.4 is 10.6 Å². The van der Waals surface area contributed by atoms with Crippen LogP contribution in [0.5, 0.6) is 0 Å². The van der Waals surface area contributed by atoms with Crippen molar-refractivity contribution in [3.63, 3.8) is 0 Å². The number of anilines is 1. The summed E-state index contributed by atoms with van der Waals surface area (Å²) in [6.07, 6.45) is -0.110. The van der Waals surface area contributed by atoms with E-state index in [1.807, 2.05) is 36.6 Å². The van der Waals surface area contributed by atoms with E-state index in [1.54, 1.807) is 35.6 Å². The number of rotatable bonds is 6. The Morgan fingerprint density at radius 3 is 2.68 bits per heavy atom. The van der Waals surface area contributed by atoms with Gasteiger partial charge in [0.2, 0.25) is 0 Å². The summed E-state index contributed by atoms with van der Waals surface area (Å²) in [5.74, 6) is -0.920. The number of nitrogens with one attached hydrogen (secondary N) is 2. The van der Waals surface area contributed by atoms with Gasteiger partial charge in [-0.05, 0) is 49.0 Å². The van der Waals surface area contributed by atoms with E-state index in [-0.39, 0.29) is 6.42 Å². The number of thiazole rings is 1. The molecule has 0 saturated heterocycles. The Kier molecular flexibility index (Phi) is 6.61. The topological polar surface area (TPSA) is 74.2 Å². The Balaban J connectivity index is 1.72. The van der Waals surface area contributed by atoms with Gasteiger partial charge in [0.25, 0.3) is 0 Å². The highest BCUT2D eigenvalue weighted by Gasteiger charge is 2.17. The number of aliphatic carboxylic acids is 1. The van der Waals surface area contributed by atoms with E-state index in [9.17, 15) is 9.90 Å². The van der Waals surface area contributed by atoms with E-state index in [0.29, 0.717) is 10.1 Å². The van der Waals surface area contributed by atoms with Crippen LogP contribution in [0.1, 0.15) is 23.0 Å². The Morgan fingerprint density at radius 1 is 1.29 bits per heavy atom. The number of carboxylic acid groups (broad SMARTS) is 1. The number of nitrogens with zero attached hydrogens (tertiary/aromatic N) is 1. The van der Waals surface area contributed by atoms with Crippen molar-refractivity contribution in [1.29, 1.82) is 0 Å². The number of aryl methyl sites for hydroxylation is 1. The Hall–Kier alpha value is -2.48. The maximum Gasteiger partial charge on any atom is 0.305 e. The third-order valence-corrected chi connectivity index (χ3v) is 5.24. The second-order valence-electron chi connectivity index (χ2n) is 6.13. The first-order valence-corrected chi connectivity index (χ1v) is 10.1. The van der Waals surface area contributed by atoms with Gasteiger partial charge in [0, 0.05) is 21.7 Å². The lowest BCUT2D eigenvalue weighted by atomic mass is 10.0. The molecule has 0 saturated carbocycles. The molecule has 0 aliphatic carbocycles. The van der Waals surface area contributed by atoms with Crippen molar-refractivity contribution in [2.75, 3.05) is 5.32 Å². The van der Waals surface area contributed by atoms with Crippen molar-refractivity contribution in [2.45, 2.75) is 19.4 Å². The number of thiocarbonyl (C=S) groups is 1. The summed E-state index contributed by atoms with van der Waals surface area (Å²) >= 11 is 12.9. The van der Waals surface area contributed by atoms with Gasteiger partial charge in [0.05, 0.1) is 23.2 Å². The van der Waals surface area contributed by atoms with Gasteiger partial charge in [0.15, 0.2) is 5.11 Å². The minimum atomic E-state index is -0.920. The average molecular weight is 432 g/mol. The van der Waals surface area contributed by atoms with Gasteiger partial charge in [0.1, 0.15) is 0 Å². The minimum absolute atomic E-state index is 0.110. The van der Waals surface area contributed by atoms with Crippen LogP contribution in [0.3, 0.4) is 0 Å². The first-order chi connectivity index (χ1) is 13.4. The van der Waals surface area contributed by atoms with Gasteiger partial charge in [-0.25, -0.2) is 4.98 Å². The largest absolute Gasteiger partial charge is 0.481 e. The lowest BCUT2D eigenvalue weighted by Gasteiger charge is -2.20. The standard InChI is InChI=1S/C20H18ClN3O2S2/c1-12-22-18(11-28-12)14-3-2-4-16(9-14)23-20(27)24-17(10-19(25)26)13-5-7-15(21)8-6-13/h2-9,11,17H,10H2,1H3,(H,25,26)(H2,23,24,27). The molecule has 5 nitrogen and oxygen atoms in total. The van der Waals surface area contributed by atoms with Crippen molar-refractivity contribution in [2.24, 2.45) is 0 Å². The normalized spacial score (nSPS) is 11.6. The summed E-state index contributed by atoms with van der Waals surface area (Å²) in [4.78, 5) is 15.8. The first-order valence-electron chi connectivity index (χ1n) is 8.48. The summed E-state index contributed by atoms with van der Waals surface area (Å²) in [5.41, 5.74) is 3.49. The maximum absolute atomic E-state index is 11.3. The van der Waals surface area contributed by atoms with Crippen LogP contribution in [-0.4, -0.2) is 21.2 Å². The van der Waals surface area contributed by atoms with Crippen LogP contribution in [0.25, 0.3) is 11.3 Å². The molecule has 3 rings (SSSR count). The zero-order valence-electron chi connectivity index (χ0n) is 15.0. The number of halogens is 1. The van der Waals surface area contributed by atoms with E-state index in [0.717, 1.165) is 27.5 Å². The minimum Gasteiger partial charge on any atom is -0.481 e. The van der Waals surface area contributed by atoms with Crippen LogP contribution in [0, 0.1) is 6.92 Å². The van der Waals surface area contributed by atoms with Crippen molar-refractivity contribution < 1.29 is 9.90 Å². The van der Waals surface area contributed by atoms with E-state index in [2.05, 4.69) is 15.6 Å². The summed E-state index contributed by atoms with van der Waals surface area (Å²) in [7, 11) is 0. The van der Waals surface area contributed by atoms with Crippen LogP contribution in [0.2, 0.25) is 5.02 Å². The molecule has 1 heterocycles. The van der Waals surface area contributed by atoms with Gasteiger partial charge in [-0.3, -0.25) is 4.79 Å². The predicted molar refractivity (Wildman–Crippen MR) is 118 cm³/mol. The molecule has 1 atom stereocenters. The second kappa shape index (κ2) is 9.14. The lowest BCUT2D eigenvalue weighted by molar-refractivity contribution is -0.137. The molecule has 2 aromatic carbocycles. The number of aromatic nitrogens is 1. The fourth-order valence-corrected chi connectivity index (χ4v) is 3.71. The van der Waals surface area contributed by atoms with Crippen LogP contribution in [0.15, 0.2) is 53.9 Å². The SMILES string of the molecule is Cc1nc(-c2cccc(NC(=S)NC(CC(=O)O)c3ccc(Cl)cc3)c2)cs1. The molecule has 0 aliphatic rings. The maximum atomic E-state index is 11.3. The third kappa shape index (κ3) is 5.51. The van der Waals surface area contributed by atoms with Gasteiger partial charge in [-0.1, -0.05) is 35.9 Å². The fourth-order valence-electron chi connectivity index (χ4n) is 2.70. The molecule has 0 amide bonds. The number of carbonyl (C=O) groups is 1. The highest BCUT2D eigenvalue weighted by atomic mass is 35.5. The Labute approximate surface area is 177 Å². The number of carboxylic acids is 1. The molecular weight excluding hydrogens is 414 g/mol. The summed E-state index contributed by atoms with van der Waals surface area (Å²) in [5, 5.41) is 19.4. The molecule has 0 aliphatic heterocycles. The first kappa shape index (κ1) is 20.3. The quantitative estimate of drug-likeness (QED) is 0.461. The number of benzene rings is 2. The van der Waals surface area contributed by atoms with E-state index >= 15 is 0 Å². The van der Waals surface area contributed by atoms with Crippen molar-refractivity contribution in [3.8, 4) is 11.3 Å². The van der Waals surface area contributed by atoms with Crippen molar-refractivity contribution >= 4 is 51.9 Å². The van der Waals surface area contributed by atoms with Gasteiger partial charge < -0.3 is 15.7 Å². The Morgan fingerprint density at radius 2 is 2.04 bits per heavy atom. The summed E-state index contributed by atoms with van der Waals surface area (Å²) in [6, 6.07) is 14.3. The summed E-state index contributed by atoms with van der Waals surface area (Å²) < 4.78 is 0. The van der Waals surface area contributed by atoms with E-state index in [1.165, 1.54) is 0 Å². The smallest absolute Gasteiger partial charge is 0.305 e. The van der Waals surface area contributed by atoms with Crippen molar-refractivity contribution in [3.05, 3.63) is 69.5 Å². The zero-order chi connectivity index (χ0) is 20.1. The lowest BCUT2D eigenvalue weighted by Crippen LogP contribution is -2.33. The molecule has 1 aromatic heterocycles. The van der Waals surface area contributed by atoms with Crippen LogP contribution in [-0.2, 0) is 4.79 Å². The summed E-state index contributed by atoms with van der Waals surface area (Å²) in [6.45, 7) is 1.97. The van der Waals surface area contributed by atoms with E-state index < -0.39 is 12.0 Å². The molecule has 8 heteroatoms. The monoisotopic (exact) mass is 431 g/mol. The number of hydrogen-bond acceptors (Lipinski definition) is 4. The molecule has 0 spiro atoms. The van der Waals surface area contributed by atoms with Crippen LogP contribution in [0.4, 0.5) is 5.69 Å². The molecule has 0 fully saturated rings. The third-order valence-electron chi connectivity index (χ3n) is 3.99. The van der Waals surface area contributed by atoms with Crippen LogP contribution >= 0.6 is 35.2 Å². The number of hydrogen-bond donors (Lipinski definition) is 3. The van der Waals surface area contributed by atoms with Gasteiger partial charge in [-0.15, -0.1) is 11.3 Å². The molecular formula is C20H18ClN3O2S2. The van der Waals surface area contributed by atoms with Gasteiger partial charge in [-0.2, -0.15) is 0 Å². The Bertz CT molecular complexity index is 989. The molecule has 3 N–H and O–H groups in total. The average Bonchev–Trinajstić information content (AvgIpc) is 3.08. The predicted octanol–water partition coefficient (Wildman–Crippen LogP) is 5.27. The highest BCUT2D eigenvalue weighted by molar-refractivity contribution is 7.80. The zero-order valence-corrected chi connectivity index (χ0v) is 17.4. The molecule has 0 radical (unpaired) electrons. The van der Waals surface area contributed by atoms with E-state index in [4.69, 9.17) is 23.8 Å².